The van der Waals surface area contributed by atoms with E-state index in [1.165, 1.54) is 6.26 Å². The maximum Gasteiger partial charge on any atom is 0.357 e. The van der Waals surface area contributed by atoms with Gasteiger partial charge in [0.15, 0.2) is 5.69 Å². The molecule has 0 amide bonds. The molecule has 1 saturated heterocycles. The monoisotopic (exact) mass is 228 g/mol. The van der Waals surface area contributed by atoms with Crippen molar-refractivity contribution in [3.05, 3.63) is 12.0 Å². The minimum absolute atomic E-state index is 0.0316. The van der Waals surface area contributed by atoms with Crippen LogP contribution in [0.15, 0.2) is 10.7 Å². The number of hydrogen-bond acceptors (Lipinski definition) is 5. The minimum atomic E-state index is -1.05. The van der Waals surface area contributed by atoms with Crippen molar-refractivity contribution in [3.8, 4) is 0 Å². The van der Waals surface area contributed by atoms with Gasteiger partial charge in [0, 0.05) is 24.1 Å². The van der Waals surface area contributed by atoms with Crippen LogP contribution in [0.25, 0.3) is 0 Å². The molecule has 1 aliphatic rings. The summed E-state index contributed by atoms with van der Waals surface area (Å²) in [5, 5.41) is 9.23. The predicted molar refractivity (Wildman–Crippen MR) is 57.6 cm³/mol. The van der Waals surface area contributed by atoms with Crippen molar-refractivity contribution in [1.82, 2.24) is 4.98 Å². The van der Waals surface area contributed by atoms with Crippen molar-refractivity contribution >= 4 is 23.7 Å². The summed E-state index contributed by atoms with van der Waals surface area (Å²) in [6.07, 6.45) is 1.18. The molecular weight excluding hydrogens is 216 g/mol. The van der Waals surface area contributed by atoms with E-state index in [0.717, 1.165) is 18.8 Å². The summed E-state index contributed by atoms with van der Waals surface area (Å²) in [7, 11) is 0. The standard InChI is InChI=1S/C9H12N2O3S/c1-6-4-11(2-3-15-6)9-10-7(5-14-9)8(12)13/h5-6H,2-4H2,1H3,(H,12,13). The molecule has 1 aromatic heterocycles. The van der Waals surface area contributed by atoms with Gasteiger partial charge < -0.3 is 14.4 Å². The molecule has 82 valence electrons. The van der Waals surface area contributed by atoms with Crippen molar-refractivity contribution in [2.45, 2.75) is 12.2 Å². The fourth-order valence-corrected chi connectivity index (χ4v) is 2.51. The lowest BCUT2D eigenvalue weighted by molar-refractivity contribution is 0.0690. The van der Waals surface area contributed by atoms with Crippen LogP contribution in [0.4, 0.5) is 6.01 Å². The first kappa shape index (κ1) is 10.4. The lowest BCUT2D eigenvalue weighted by Crippen LogP contribution is -2.36. The molecule has 1 aromatic rings. The molecule has 1 aliphatic heterocycles. The van der Waals surface area contributed by atoms with Gasteiger partial charge in [0.25, 0.3) is 6.01 Å². The third kappa shape index (κ3) is 2.26. The van der Waals surface area contributed by atoms with E-state index in [0.29, 0.717) is 11.3 Å². The van der Waals surface area contributed by atoms with Crippen LogP contribution < -0.4 is 4.90 Å². The molecule has 2 heterocycles. The molecule has 1 fully saturated rings. The van der Waals surface area contributed by atoms with Crippen molar-refractivity contribution in [2.75, 3.05) is 23.7 Å². The summed E-state index contributed by atoms with van der Waals surface area (Å²) in [5.74, 6) is -0.0317. The number of aromatic carboxylic acids is 1. The van der Waals surface area contributed by atoms with Crippen LogP contribution in [0.3, 0.4) is 0 Å². The Balaban J connectivity index is 2.11. The molecule has 0 aliphatic carbocycles. The van der Waals surface area contributed by atoms with E-state index in [4.69, 9.17) is 9.52 Å². The molecule has 1 atom stereocenters. The van der Waals surface area contributed by atoms with Crippen molar-refractivity contribution < 1.29 is 14.3 Å². The number of nitrogens with zero attached hydrogens (tertiary/aromatic N) is 2. The van der Waals surface area contributed by atoms with Crippen molar-refractivity contribution in [3.63, 3.8) is 0 Å². The van der Waals surface area contributed by atoms with Gasteiger partial charge in [-0.05, 0) is 0 Å². The molecule has 15 heavy (non-hydrogen) atoms. The summed E-state index contributed by atoms with van der Waals surface area (Å²) in [4.78, 5) is 16.5. The molecule has 5 nitrogen and oxygen atoms in total. The number of carboxylic acids is 1. The molecule has 0 bridgehead atoms. The van der Waals surface area contributed by atoms with Gasteiger partial charge in [0.1, 0.15) is 6.26 Å². The lowest BCUT2D eigenvalue weighted by Gasteiger charge is -2.28. The number of rotatable bonds is 2. The van der Waals surface area contributed by atoms with Gasteiger partial charge in [-0.1, -0.05) is 6.92 Å². The summed E-state index contributed by atoms with van der Waals surface area (Å²) in [6, 6.07) is 0.416. The fourth-order valence-electron chi connectivity index (χ4n) is 1.50. The Morgan fingerprint density at radius 3 is 3.20 bits per heavy atom. The Hall–Kier alpha value is -1.17. The summed E-state index contributed by atoms with van der Waals surface area (Å²) < 4.78 is 5.14. The average molecular weight is 228 g/mol. The zero-order valence-corrected chi connectivity index (χ0v) is 9.16. The van der Waals surface area contributed by atoms with Gasteiger partial charge in [-0.2, -0.15) is 16.7 Å². The molecule has 2 rings (SSSR count). The average Bonchev–Trinajstić information content (AvgIpc) is 2.66. The maximum atomic E-state index is 10.6. The molecule has 6 heteroatoms. The maximum absolute atomic E-state index is 10.6. The molecule has 1 unspecified atom stereocenters. The van der Waals surface area contributed by atoms with Crippen LogP contribution in [-0.2, 0) is 0 Å². The van der Waals surface area contributed by atoms with Gasteiger partial charge in [-0.15, -0.1) is 0 Å². The van der Waals surface area contributed by atoms with E-state index >= 15 is 0 Å². The third-order valence-corrected chi connectivity index (χ3v) is 3.36. The Bertz CT molecular complexity index is 366. The number of hydrogen-bond donors (Lipinski definition) is 1. The lowest BCUT2D eigenvalue weighted by atomic mass is 10.4. The highest BCUT2D eigenvalue weighted by molar-refractivity contribution is 8.00. The number of aromatic nitrogens is 1. The zero-order valence-electron chi connectivity index (χ0n) is 8.34. The number of oxazole rings is 1. The first-order chi connectivity index (χ1) is 7.16. The van der Waals surface area contributed by atoms with E-state index in [1.807, 2.05) is 16.7 Å². The minimum Gasteiger partial charge on any atom is -0.476 e. The molecule has 0 aromatic carbocycles. The van der Waals surface area contributed by atoms with E-state index < -0.39 is 5.97 Å². The van der Waals surface area contributed by atoms with E-state index in [1.54, 1.807) is 0 Å². The molecular formula is C9H12N2O3S. The largest absolute Gasteiger partial charge is 0.476 e. The SMILES string of the molecule is CC1CN(c2nc(C(=O)O)co2)CCS1. The Morgan fingerprint density at radius 2 is 2.60 bits per heavy atom. The van der Waals surface area contributed by atoms with Gasteiger partial charge >= 0.3 is 5.97 Å². The number of carbonyl (C=O) groups is 1. The molecule has 0 spiro atoms. The van der Waals surface area contributed by atoms with Gasteiger partial charge in [0.2, 0.25) is 0 Å². The highest BCUT2D eigenvalue weighted by Gasteiger charge is 2.21. The smallest absolute Gasteiger partial charge is 0.357 e. The summed E-state index contributed by atoms with van der Waals surface area (Å²) >= 11 is 1.90. The van der Waals surface area contributed by atoms with Crippen molar-refractivity contribution in [1.29, 1.82) is 0 Å². The van der Waals surface area contributed by atoms with E-state index in [2.05, 4.69) is 11.9 Å². The second-order valence-electron chi connectivity index (χ2n) is 3.45. The van der Waals surface area contributed by atoms with Crippen LogP contribution in [0, 0.1) is 0 Å². The van der Waals surface area contributed by atoms with Gasteiger partial charge in [-0.3, -0.25) is 0 Å². The van der Waals surface area contributed by atoms with Crippen LogP contribution in [0.1, 0.15) is 17.4 Å². The molecule has 0 radical (unpaired) electrons. The van der Waals surface area contributed by atoms with Crippen molar-refractivity contribution in [2.24, 2.45) is 0 Å². The Morgan fingerprint density at radius 1 is 1.80 bits per heavy atom. The van der Waals surface area contributed by atoms with Gasteiger partial charge in [0.05, 0.1) is 0 Å². The van der Waals surface area contributed by atoms with E-state index in [9.17, 15) is 4.79 Å². The van der Waals surface area contributed by atoms with Gasteiger partial charge in [-0.25, -0.2) is 4.79 Å². The second kappa shape index (κ2) is 4.14. The number of anilines is 1. The first-order valence-corrected chi connectivity index (χ1v) is 5.77. The van der Waals surface area contributed by atoms with E-state index in [-0.39, 0.29) is 5.69 Å². The highest BCUT2D eigenvalue weighted by Crippen LogP contribution is 2.23. The van der Waals surface area contributed by atoms with Crippen LogP contribution in [0.2, 0.25) is 0 Å². The first-order valence-electron chi connectivity index (χ1n) is 4.72. The highest BCUT2D eigenvalue weighted by atomic mass is 32.2. The topological polar surface area (TPSA) is 66.6 Å². The summed E-state index contributed by atoms with van der Waals surface area (Å²) in [6.45, 7) is 3.84. The fraction of sp³-hybridized carbons (Fsp3) is 0.556. The quantitative estimate of drug-likeness (QED) is 0.823. The van der Waals surface area contributed by atoms with Crippen LogP contribution >= 0.6 is 11.8 Å². The Kier molecular flexibility index (Phi) is 2.86. The molecule has 0 saturated carbocycles. The number of thioether (sulfide) groups is 1. The second-order valence-corrected chi connectivity index (χ2v) is 4.99. The summed E-state index contributed by atoms with van der Waals surface area (Å²) in [5.41, 5.74) is -0.0316. The van der Waals surface area contributed by atoms with Crippen LogP contribution in [0.5, 0.6) is 0 Å². The van der Waals surface area contributed by atoms with Crippen LogP contribution in [-0.4, -0.2) is 40.2 Å². The molecule has 1 N–H and O–H groups in total. The predicted octanol–water partition coefficient (Wildman–Crippen LogP) is 1.31. The third-order valence-electron chi connectivity index (χ3n) is 2.22. The number of carboxylic acid groups (broad SMARTS) is 1. The zero-order chi connectivity index (χ0) is 10.8. The normalized spacial score (nSPS) is 21.7. The Labute approximate surface area is 91.5 Å².